The molecule has 1 aromatic heterocycles. The van der Waals surface area contributed by atoms with Crippen molar-refractivity contribution in [2.24, 2.45) is 7.05 Å². The highest BCUT2D eigenvalue weighted by Crippen LogP contribution is 2.28. The Morgan fingerprint density at radius 3 is 2.48 bits per heavy atom. The molecule has 2 aromatic rings. The Labute approximate surface area is 148 Å². The molecule has 0 bridgehead atoms. The lowest BCUT2D eigenvalue weighted by atomic mass is 10.1. The van der Waals surface area contributed by atoms with Crippen LogP contribution in [0.25, 0.3) is 0 Å². The van der Waals surface area contributed by atoms with E-state index in [1.54, 1.807) is 14.0 Å². The van der Waals surface area contributed by atoms with Gasteiger partial charge >= 0.3 is 5.69 Å². The molecule has 1 aromatic carbocycles. The van der Waals surface area contributed by atoms with Gasteiger partial charge in [-0.15, -0.1) is 0 Å². The molecule has 0 saturated carbocycles. The minimum Gasteiger partial charge on any atom is -0.491 e. The third-order valence-electron chi connectivity index (χ3n) is 3.92. The molecule has 0 unspecified atom stereocenters. The number of anilines is 1. The summed E-state index contributed by atoms with van der Waals surface area (Å²) >= 11 is 0. The first-order valence-electron chi connectivity index (χ1n) is 8.48. The molecular weight excluding hydrogens is 320 g/mol. The minimum atomic E-state index is -0.384. The molecule has 0 radical (unpaired) electrons. The topological polar surface area (TPSA) is 82.2 Å². The van der Waals surface area contributed by atoms with E-state index >= 15 is 0 Å². The standard InChI is InChI=1S/C18H26N4O3/c1-12(2)25-16-10-8-15(9-11-16)7-6-13(3)19-18-17(22(23)24)14(4)20-21(18)5/h8-13,19H,6-7H2,1-5H3/t13-/m0/s1. The monoisotopic (exact) mass is 346 g/mol. The summed E-state index contributed by atoms with van der Waals surface area (Å²) in [7, 11) is 1.71. The van der Waals surface area contributed by atoms with Crippen molar-refractivity contribution in [1.29, 1.82) is 0 Å². The van der Waals surface area contributed by atoms with Crippen molar-refractivity contribution < 1.29 is 9.66 Å². The van der Waals surface area contributed by atoms with Crippen molar-refractivity contribution in [3.8, 4) is 5.75 Å². The number of hydrogen-bond donors (Lipinski definition) is 1. The van der Waals surface area contributed by atoms with E-state index in [0.29, 0.717) is 11.5 Å². The van der Waals surface area contributed by atoms with Crippen LogP contribution in [0.4, 0.5) is 11.5 Å². The highest BCUT2D eigenvalue weighted by molar-refractivity contribution is 5.59. The van der Waals surface area contributed by atoms with E-state index in [0.717, 1.165) is 18.6 Å². The van der Waals surface area contributed by atoms with Gasteiger partial charge in [-0.1, -0.05) is 12.1 Å². The third kappa shape index (κ3) is 4.95. The van der Waals surface area contributed by atoms with Gasteiger partial charge in [0, 0.05) is 13.1 Å². The average Bonchev–Trinajstić information content (AvgIpc) is 2.80. The molecule has 0 aliphatic heterocycles. The Kier molecular flexibility index (Phi) is 6.01. The number of nitrogens with zero attached hydrogens (tertiary/aromatic N) is 3. The number of ether oxygens (including phenoxy) is 1. The van der Waals surface area contributed by atoms with E-state index in [9.17, 15) is 10.1 Å². The number of hydrogen-bond acceptors (Lipinski definition) is 5. The molecule has 2 rings (SSSR count). The number of nitrogens with one attached hydrogen (secondary N) is 1. The second-order valence-corrected chi connectivity index (χ2v) is 6.56. The van der Waals surface area contributed by atoms with E-state index in [-0.39, 0.29) is 22.8 Å². The van der Waals surface area contributed by atoms with Crippen LogP contribution in [-0.2, 0) is 13.5 Å². The summed E-state index contributed by atoms with van der Waals surface area (Å²) in [5.74, 6) is 1.32. The smallest absolute Gasteiger partial charge is 0.333 e. The lowest BCUT2D eigenvalue weighted by molar-refractivity contribution is -0.384. The zero-order valence-electron chi connectivity index (χ0n) is 15.4. The average molecular weight is 346 g/mol. The lowest BCUT2D eigenvalue weighted by Gasteiger charge is -2.15. The number of rotatable bonds is 8. The van der Waals surface area contributed by atoms with Crippen molar-refractivity contribution in [1.82, 2.24) is 9.78 Å². The molecule has 1 N–H and O–H groups in total. The van der Waals surface area contributed by atoms with Crippen LogP contribution in [0.5, 0.6) is 5.75 Å². The molecule has 1 heterocycles. The Morgan fingerprint density at radius 1 is 1.28 bits per heavy atom. The molecule has 7 nitrogen and oxygen atoms in total. The second kappa shape index (κ2) is 8.00. The quantitative estimate of drug-likeness (QED) is 0.580. The fourth-order valence-corrected chi connectivity index (χ4v) is 2.72. The maximum absolute atomic E-state index is 11.2. The maximum Gasteiger partial charge on any atom is 0.333 e. The van der Waals surface area contributed by atoms with Gasteiger partial charge in [0.2, 0.25) is 5.82 Å². The van der Waals surface area contributed by atoms with E-state index in [1.807, 2.05) is 32.9 Å². The number of nitro groups is 1. The van der Waals surface area contributed by atoms with Crippen LogP contribution in [0.15, 0.2) is 24.3 Å². The van der Waals surface area contributed by atoms with Crippen molar-refractivity contribution in [3.63, 3.8) is 0 Å². The van der Waals surface area contributed by atoms with Gasteiger partial charge in [-0.05, 0) is 58.2 Å². The first-order valence-corrected chi connectivity index (χ1v) is 8.48. The summed E-state index contributed by atoms with van der Waals surface area (Å²) in [6, 6.07) is 8.15. The zero-order chi connectivity index (χ0) is 18.6. The molecule has 7 heteroatoms. The van der Waals surface area contributed by atoms with E-state index in [2.05, 4.69) is 22.5 Å². The Hall–Kier alpha value is -2.57. The van der Waals surface area contributed by atoms with Gasteiger partial charge < -0.3 is 10.1 Å². The lowest BCUT2D eigenvalue weighted by Crippen LogP contribution is -2.19. The van der Waals surface area contributed by atoms with Crippen LogP contribution in [0, 0.1) is 17.0 Å². The van der Waals surface area contributed by atoms with Crippen LogP contribution < -0.4 is 10.1 Å². The van der Waals surface area contributed by atoms with Gasteiger partial charge in [-0.2, -0.15) is 5.10 Å². The molecule has 0 saturated heterocycles. The van der Waals surface area contributed by atoms with E-state index in [1.165, 1.54) is 10.2 Å². The number of aromatic nitrogens is 2. The molecule has 0 spiro atoms. The van der Waals surface area contributed by atoms with Crippen molar-refractivity contribution >= 4 is 11.5 Å². The molecule has 25 heavy (non-hydrogen) atoms. The zero-order valence-corrected chi connectivity index (χ0v) is 15.4. The summed E-state index contributed by atoms with van der Waals surface area (Å²) in [6.07, 6.45) is 1.89. The molecule has 0 amide bonds. The van der Waals surface area contributed by atoms with Gasteiger partial charge in [0.05, 0.1) is 11.0 Å². The molecule has 0 aliphatic carbocycles. The Bertz CT molecular complexity index is 723. The normalized spacial score (nSPS) is 12.2. The SMILES string of the molecule is Cc1nn(C)c(N[C@@H](C)CCc2ccc(OC(C)C)cc2)c1[N+](=O)[O-]. The molecule has 136 valence electrons. The first-order chi connectivity index (χ1) is 11.8. The van der Waals surface area contributed by atoms with Crippen LogP contribution in [0.3, 0.4) is 0 Å². The number of benzene rings is 1. The molecule has 0 aliphatic rings. The van der Waals surface area contributed by atoms with Crippen LogP contribution in [0.2, 0.25) is 0 Å². The van der Waals surface area contributed by atoms with Crippen molar-refractivity contribution in [3.05, 3.63) is 45.6 Å². The predicted octanol–water partition coefficient (Wildman–Crippen LogP) is 3.86. The summed E-state index contributed by atoms with van der Waals surface area (Å²) in [5.41, 5.74) is 1.67. The van der Waals surface area contributed by atoms with Gasteiger partial charge in [0.25, 0.3) is 0 Å². The fraction of sp³-hybridized carbons (Fsp3) is 0.500. The molecule has 0 fully saturated rings. The fourth-order valence-electron chi connectivity index (χ4n) is 2.72. The van der Waals surface area contributed by atoms with Gasteiger partial charge in [0.1, 0.15) is 11.4 Å². The summed E-state index contributed by atoms with van der Waals surface area (Å²) < 4.78 is 7.17. The van der Waals surface area contributed by atoms with Crippen molar-refractivity contribution in [2.75, 3.05) is 5.32 Å². The highest BCUT2D eigenvalue weighted by atomic mass is 16.6. The van der Waals surface area contributed by atoms with E-state index < -0.39 is 0 Å². The van der Waals surface area contributed by atoms with Crippen molar-refractivity contribution in [2.45, 2.75) is 52.7 Å². The largest absolute Gasteiger partial charge is 0.491 e. The van der Waals surface area contributed by atoms with Gasteiger partial charge in [-0.3, -0.25) is 10.1 Å². The highest BCUT2D eigenvalue weighted by Gasteiger charge is 2.24. The predicted molar refractivity (Wildman–Crippen MR) is 98.2 cm³/mol. The number of aryl methyl sites for hydroxylation is 3. The van der Waals surface area contributed by atoms with E-state index in [4.69, 9.17) is 4.74 Å². The minimum absolute atomic E-state index is 0.0459. The van der Waals surface area contributed by atoms with Crippen LogP contribution in [-0.4, -0.2) is 26.8 Å². The van der Waals surface area contributed by atoms with Crippen LogP contribution in [0.1, 0.15) is 38.4 Å². The third-order valence-corrected chi connectivity index (χ3v) is 3.92. The van der Waals surface area contributed by atoms with Gasteiger partial charge in [-0.25, -0.2) is 4.68 Å². The summed E-state index contributed by atoms with van der Waals surface area (Å²) in [4.78, 5) is 10.8. The Balaban J connectivity index is 1.95. The molecule has 1 atom stereocenters. The second-order valence-electron chi connectivity index (χ2n) is 6.56. The summed E-state index contributed by atoms with van der Waals surface area (Å²) in [5, 5.41) is 18.6. The van der Waals surface area contributed by atoms with Crippen LogP contribution >= 0.6 is 0 Å². The Morgan fingerprint density at radius 2 is 1.92 bits per heavy atom. The maximum atomic E-state index is 11.2. The first kappa shape index (κ1) is 18.8. The van der Waals surface area contributed by atoms with Gasteiger partial charge in [0.15, 0.2) is 0 Å². The molecular formula is C18H26N4O3. The summed E-state index contributed by atoms with van der Waals surface area (Å²) in [6.45, 7) is 7.66.